The number of hydrogen-bond acceptors (Lipinski definition) is 4. The number of para-hydroxylation sites is 1. The summed E-state index contributed by atoms with van der Waals surface area (Å²) in [5, 5.41) is 3.53. The van der Waals surface area contributed by atoms with E-state index in [-0.39, 0.29) is 29.7 Å². The van der Waals surface area contributed by atoms with Gasteiger partial charge in [0.05, 0.1) is 22.0 Å². The summed E-state index contributed by atoms with van der Waals surface area (Å²) in [5.74, 6) is -1.89. The lowest BCUT2D eigenvalue weighted by molar-refractivity contribution is -0.140. The minimum Gasteiger partial charge on any atom is -0.352 e. The number of carbonyl (C=O) groups is 2. The van der Waals surface area contributed by atoms with E-state index >= 15 is 0 Å². The number of rotatable bonds is 12. The number of anilines is 1. The quantitative estimate of drug-likeness (QED) is 0.296. The summed E-state index contributed by atoms with van der Waals surface area (Å²) in [6.07, 6.45) is 1.72. The summed E-state index contributed by atoms with van der Waals surface area (Å²) in [7, 11) is -4.08. The summed E-state index contributed by atoms with van der Waals surface area (Å²) < 4.78 is 40.9. The molecule has 7 nitrogen and oxygen atoms in total. The Hall–Kier alpha value is -3.14. The number of benzene rings is 3. The Morgan fingerprint density at radius 1 is 0.950 bits per heavy atom. The van der Waals surface area contributed by atoms with Gasteiger partial charge < -0.3 is 10.2 Å². The number of nitrogens with one attached hydrogen (secondary N) is 1. The van der Waals surface area contributed by atoms with Crippen molar-refractivity contribution in [1.29, 1.82) is 0 Å². The fraction of sp³-hybridized carbons (Fsp3) is 0.310. The molecule has 0 radical (unpaired) electrons. The molecule has 0 aliphatic carbocycles. The highest BCUT2D eigenvalue weighted by atomic mass is 35.5. The van der Waals surface area contributed by atoms with Crippen molar-refractivity contribution in [2.75, 3.05) is 17.1 Å². The Kier molecular flexibility index (Phi) is 11.0. The lowest BCUT2D eigenvalue weighted by atomic mass is 10.0. The maximum Gasteiger partial charge on any atom is 0.244 e. The van der Waals surface area contributed by atoms with Crippen LogP contribution < -0.4 is 9.62 Å². The summed E-state index contributed by atoms with van der Waals surface area (Å²) in [5.41, 5.74) is 1.11. The second-order valence-electron chi connectivity index (χ2n) is 9.51. The third kappa shape index (κ3) is 8.43. The van der Waals surface area contributed by atoms with Gasteiger partial charge in [-0.1, -0.05) is 78.7 Å². The smallest absolute Gasteiger partial charge is 0.244 e. The summed E-state index contributed by atoms with van der Waals surface area (Å²) in [4.78, 5) is 28.9. The minimum atomic E-state index is -4.08. The fourth-order valence-electron chi connectivity index (χ4n) is 4.08. The Morgan fingerprint density at radius 3 is 2.20 bits per heavy atom. The molecule has 0 saturated carbocycles. The number of halogens is 3. The van der Waals surface area contributed by atoms with E-state index in [9.17, 15) is 22.4 Å². The van der Waals surface area contributed by atoms with Gasteiger partial charge in [-0.3, -0.25) is 13.9 Å². The normalized spacial score (nSPS) is 12.8. The van der Waals surface area contributed by atoms with Gasteiger partial charge in [0.25, 0.3) is 0 Å². The van der Waals surface area contributed by atoms with Crippen molar-refractivity contribution < 1.29 is 22.4 Å². The van der Waals surface area contributed by atoms with E-state index < -0.39 is 40.2 Å². The highest BCUT2D eigenvalue weighted by Gasteiger charge is 2.34. The monoisotopic (exact) mass is 607 g/mol. The zero-order valence-corrected chi connectivity index (χ0v) is 24.8. The molecule has 0 aromatic heterocycles. The predicted octanol–water partition coefficient (Wildman–Crippen LogP) is 5.45. The van der Waals surface area contributed by atoms with Crippen LogP contribution in [0.2, 0.25) is 10.0 Å². The number of nitrogens with zero attached hydrogens (tertiary/aromatic N) is 2. The molecule has 3 aromatic carbocycles. The van der Waals surface area contributed by atoms with Gasteiger partial charge in [0.2, 0.25) is 21.8 Å². The Labute approximate surface area is 244 Å². The van der Waals surface area contributed by atoms with Crippen LogP contribution in [0.3, 0.4) is 0 Å². The topological polar surface area (TPSA) is 86.8 Å². The fourth-order valence-corrected chi connectivity index (χ4v) is 5.25. The lowest BCUT2D eigenvalue weighted by Crippen LogP contribution is -2.54. The van der Waals surface area contributed by atoms with Gasteiger partial charge in [0, 0.05) is 19.0 Å². The average Bonchev–Trinajstić information content (AvgIpc) is 2.91. The molecule has 0 bridgehead atoms. The molecule has 1 N–H and O–H groups in total. The Morgan fingerprint density at radius 2 is 1.60 bits per heavy atom. The van der Waals surface area contributed by atoms with E-state index in [0.29, 0.717) is 21.3 Å². The first-order chi connectivity index (χ1) is 18.9. The first kappa shape index (κ1) is 31.4. The van der Waals surface area contributed by atoms with Crippen LogP contribution in [0.5, 0.6) is 0 Å². The van der Waals surface area contributed by atoms with Gasteiger partial charge in [-0.15, -0.1) is 0 Å². The molecule has 0 spiro atoms. The molecule has 3 aromatic rings. The van der Waals surface area contributed by atoms with Crippen LogP contribution in [-0.4, -0.2) is 50.0 Å². The molecule has 0 unspecified atom stereocenters. The van der Waals surface area contributed by atoms with Crippen LogP contribution in [0, 0.1) is 5.82 Å². The first-order valence-corrected chi connectivity index (χ1v) is 15.3. The summed E-state index contributed by atoms with van der Waals surface area (Å²) >= 11 is 12.3. The van der Waals surface area contributed by atoms with E-state index in [1.807, 2.05) is 44.2 Å². The zero-order valence-electron chi connectivity index (χ0n) is 22.5. The van der Waals surface area contributed by atoms with Gasteiger partial charge in [-0.05, 0) is 48.7 Å². The third-order valence-corrected chi connectivity index (χ3v) is 8.27. The van der Waals surface area contributed by atoms with E-state index in [1.165, 1.54) is 23.1 Å². The van der Waals surface area contributed by atoms with Crippen molar-refractivity contribution in [1.82, 2.24) is 10.2 Å². The first-order valence-electron chi connectivity index (χ1n) is 12.7. The van der Waals surface area contributed by atoms with Gasteiger partial charge in [-0.25, -0.2) is 12.8 Å². The maximum atomic E-state index is 14.7. The van der Waals surface area contributed by atoms with Crippen molar-refractivity contribution in [3.8, 4) is 0 Å². The second-order valence-corrected chi connectivity index (χ2v) is 12.2. The molecule has 214 valence electrons. The zero-order chi connectivity index (χ0) is 29.4. The number of amides is 2. The molecule has 40 heavy (non-hydrogen) atoms. The standard InChI is InChI=1S/C29H32Cl2FN3O4S/c1-4-20(2)33-29(37)27(17-21-10-6-5-7-11-21)34(18-22-14-15-23(30)24(31)16-22)28(36)19-35(40(3,38)39)26-13-9-8-12-25(26)32/h5-16,20,27H,4,17-19H2,1-3H3,(H,33,37)/t20-,27+/m1/s1. The van der Waals surface area contributed by atoms with Crippen molar-refractivity contribution in [2.45, 2.75) is 45.3 Å². The molecular formula is C29H32Cl2FN3O4S. The lowest BCUT2D eigenvalue weighted by Gasteiger charge is -2.34. The maximum absolute atomic E-state index is 14.7. The van der Waals surface area contributed by atoms with Gasteiger partial charge in [-0.2, -0.15) is 0 Å². The highest BCUT2D eigenvalue weighted by molar-refractivity contribution is 7.92. The minimum absolute atomic E-state index is 0.0734. The van der Waals surface area contributed by atoms with Gasteiger partial charge in [0.1, 0.15) is 18.4 Å². The number of hydrogen-bond donors (Lipinski definition) is 1. The largest absolute Gasteiger partial charge is 0.352 e. The van der Waals surface area contributed by atoms with Crippen molar-refractivity contribution in [3.63, 3.8) is 0 Å². The molecule has 2 atom stereocenters. The number of sulfonamides is 1. The Balaban J connectivity index is 2.09. The third-order valence-electron chi connectivity index (χ3n) is 6.41. The molecule has 0 saturated heterocycles. The van der Waals surface area contributed by atoms with E-state index in [0.717, 1.165) is 17.9 Å². The van der Waals surface area contributed by atoms with Gasteiger partial charge >= 0.3 is 0 Å². The molecule has 11 heteroatoms. The van der Waals surface area contributed by atoms with E-state index in [1.54, 1.807) is 18.2 Å². The van der Waals surface area contributed by atoms with E-state index in [2.05, 4.69) is 5.32 Å². The Bertz CT molecular complexity index is 1440. The van der Waals surface area contributed by atoms with Crippen LogP contribution in [0.4, 0.5) is 10.1 Å². The SMILES string of the molecule is CC[C@@H](C)NC(=O)[C@H](Cc1ccccc1)N(Cc1ccc(Cl)c(Cl)c1)C(=O)CN(c1ccccc1F)S(C)(=O)=O. The van der Waals surface area contributed by atoms with Gasteiger partial charge in [0.15, 0.2) is 0 Å². The predicted molar refractivity (Wildman–Crippen MR) is 157 cm³/mol. The molecule has 3 rings (SSSR count). The second kappa shape index (κ2) is 14.0. The molecule has 2 amide bonds. The van der Waals surface area contributed by atoms with Crippen LogP contribution >= 0.6 is 23.2 Å². The number of carbonyl (C=O) groups excluding carboxylic acids is 2. The molecule has 0 heterocycles. The molecule has 0 aliphatic rings. The highest BCUT2D eigenvalue weighted by Crippen LogP contribution is 2.26. The van der Waals surface area contributed by atoms with Crippen LogP contribution in [0.1, 0.15) is 31.4 Å². The summed E-state index contributed by atoms with van der Waals surface area (Å²) in [6, 6.07) is 18.1. The molecular weight excluding hydrogens is 576 g/mol. The van der Waals surface area contributed by atoms with Crippen molar-refractivity contribution >= 4 is 50.7 Å². The summed E-state index contributed by atoms with van der Waals surface area (Å²) in [6.45, 7) is 2.99. The van der Waals surface area contributed by atoms with Crippen LogP contribution in [0.15, 0.2) is 72.8 Å². The van der Waals surface area contributed by atoms with Crippen LogP contribution in [-0.2, 0) is 32.6 Å². The molecule has 0 fully saturated rings. The average molecular weight is 609 g/mol. The van der Waals surface area contributed by atoms with Crippen LogP contribution in [0.25, 0.3) is 0 Å². The van der Waals surface area contributed by atoms with Crippen molar-refractivity contribution in [2.24, 2.45) is 0 Å². The van der Waals surface area contributed by atoms with Crippen molar-refractivity contribution in [3.05, 3.63) is 99.8 Å². The van der Waals surface area contributed by atoms with E-state index in [4.69, 9.17) is 23.2 Å². The molecule has 0 aliphatic heterocycles.